The Kier molecular flexibility index (Phi) is 4.12. The van der Waals surface area contributed by atoms with Gasteiger partial charge in [0, 0.05) is 25.7 Å². The third-order valence-electron chi connectivity index (χ3n) is 2.69. The summed E-state index contributed by atoms with van der Waals surface area (Å²) in [6.45, 7) is 9.48. The van der Waals surface area contributed by atoms with Crippen molar-refractivity contribution in [1.82, 2.24) is 9.80 Å². The van der Waals surface area contributed by atoms with Gasteiger partial charge in [0.15, 0.2) is 0 Å². The van der Waals surface area contributed by atoms with Gasteiger partial charge in [-0.25, -0.2) is 0 Å². The number of carbonyl (C=O) groups is 1. The first-order valence-corrected chi connectivity index (χ1v) is 5.38. The third kappa shape index (κ3) is 2.70. The molecule has 0 aromatic rings. The molecule has 0 saturated carbocycles. The number of halogens is 1. The molecule has 1 aliphatic rings. The fourth-order valence-electron chi connectivity index (χ4n) is 1.76. The molecule has 1 fully saturated rings. The van der Waals surface area contributed by atoms with Gasteiger partial charge >= 0.3 is 0 Å². The molecule has 0 aliphatic carbocycles. The second kappa shape index (κ2) is 5.14. The lowest BCUT2D eigenvalue weighted by Gasteiger charge is -2.38. The highest BCUT2D eigenvalue weighted by Gasteiger charge is 2.28. The van der Waals surface area contributed by atoms with Gasteiger partial charge in [-0.3, -0.25) is 9.18 Å². The second-order valence-electron chi connectivity index (χ2n) is 4.07. The van der Waals surface area contributed by atoms with Crippen LogP contribution in [0.15, 0.2) is 12.3 Å². The van der Waals surface area contributed by atoms with Crippen molar-refractivity contribution in [1.29, 1.82) is 0 Å². The van der Waals surface area contributed by atoms with Crippen LogP contribution >= 0.6 is 0 Å². The highest BCUT2D eigenvalue weighted by atomic mass is 19.1. The number of amides is 1. The third-order valence-corrected chi connectivity index (χ3v) is 2.69. The van der Waals surface area contributed by atoms with Crippen LogP contribution in [0.2, 0.25) is 0 Å². The molecule has 0 aromatic heterocycles. The van der Waals surface area contributed by atoms with Gasteiger partial charge in [-0.1, -0.05) is 6.58 Å². The van der Waals surface area contributed by atoms with E-state index in [1.807, 2.05) is 18.7 Å². The van der Waals surface area contributed by atoms with Crippen LogP contribution < -0.4 is 0 Å². The van der Waals surface area contributed by atoms with Gasteiger partial charge in [-0.2, -0.15) is 0 Å². The summed E-state index contributed by atoms with van der Waals surface area (Å²) in [6, 6.07) is 0.206. The first-order chi connectivity index (χ1) is 7.07. The van der Waals surface area contributed by atoms with Gasteiger partial charge in [0.05, 0.1) is 12.4 Å². The molecule has 86 valence electrons. The summed E-state index contributed by atoms with van der Waals surface area (Å²) in [5, 5.41) is 0. The normalized spacial score (nSPS) is 17.9. The highest BCUT2D eigenvalue weighted by molar-refractivity contribution is 5.93. The van der Waals surface area contributed by atoms with E-state index < -0.39 is 0 Å². The first kappa shape index (κ1) is 12.0. The molecule has 1 heterocycles. The fraction of sp³-hybridized carbons (Fsp3) is 0.727. The average Bonchev–Trinajstić information content (AvgIpc) is 2.20. The Balaban J connectivity index is 2.57. The number of nitrogens with zero attached hydrogens (tertiary/aromatic N) is 2. The lowest BCUT2D eigenvalue weighted by atomic mass is 10.2. The molecule has 15 heavy (non-hydrogen) atoms. The van der Waals surface area contributed by atoms with Crippen LogP contribution in [0.25, 0.3) is 0 Å². The molecule has 0 atom stereocenters. The van der Waals surface area contributed by atoms with E-state index in [0.717, 1.165) is 6.54 Å². The molecule has 0 aromatic carbocycles. The summed E-state index contributed by atoms with van der Waals surface area (Å²) in [5.41, 5.74) is 0.503. The lowest BCUT2D eigenvalue weighted by molar-refractivity contribution is -0.133. The Labute approximate surface area is 90.5 Å². The Morgan fingerprint density at radius 2 is 2.13 bits per heavy atom. The molecule has 0 spiro atoms. The molecule has 0 N–H and O–H groups in total. The number of alkyl halides is 1. The van der Waals surface area contributed by atoms with Crippen LogP contribution in [0.4, 0.5) is 4.39 Å². The zero-order chi connectivity index (χ0) is 11.4. The summed E-state index contributed by atoms with van der Waals surface area (Å²) < 4.78 is 12.0. The minimum Gasteiger partial charge on any atom is -0.366 e. The summed E-state index contributed by atoms with van der Waals surface area (Å²) in [7, 11) is 0. The summed E-state index contributed by atoms with van der Waals surface area (Å²) in [4.78, 5) is 15.5. The zero-order valence-corrected chi connectivity index (χ0v) is 9.50. The summed E-state index contributed by atoms with van der Waals surface area (Å²) >= 11 is 0. The molecule has 4 heteroatoms. The van der Waals surface area contributed by atoms with E-state index in [1.54, 1.807) is 4.90 Å². The Morgan fingerprint density at radius 1 is 1.47 bits per heavy atom. The summed E-state index contributed by atoms with van der Waals surface area (Å²) in [5.74, 6) is -0.0184. The van der Waals surface area contributed by atoms with Crippen molar-refractivity contribution in [2.45, 2.75) is 26.3 Å². The van der Waals surface area contributed by atoms with Gasteiger partial charge in [0.25, 0.3) is 5.91 Å². The highest BCUT2D eigenvalue weighted by Crippen LogP contribution is 2.15. The largest absolute Gasteiger partial charge is 0.366 e. The van der Waals surface area contributed by atoms with Crippen molar-refractivity contribution in [2.75, 3.05) is 26.3 Å². The standard InChI is InChI=1S/C11H19FN2O/c1-9(2)14-8-7-13(6-4-5-12)10(3)11(14)15/h9H,3-8H2,1-2H3. The van der Waals surface area contributed by atoms with Crippen molar-refractivity contribution in [2.24, 2.45) is 0 Å². The van der Waals surface area contributed by atoms with E-state index in [9.17, 15) is 9.18 Å². The van der Waals surface area contributed by atoms with Crippen LogP contribution in [-0.4, -0.2) is 48.1 Å². The van der Waals surface area contributed by atoms with Gasteiger partial charge < -0.3 is 9.80 Å². The van der Waals surface area contributed by atoms with E-state index in [-0.39, 0.29) is 18.6 Å². The maximum Gasteiger partial charge on any atom is 0.269 e. The van der Waals surface area contributed by atoms with Crippen LogP contribution in [0.5, 0.6) is 0 Å². The number of hydrogen-bond acceptors (Lipinski definition) is 2. The maximum atomic E-state index is 12.0. The quantitative estimate of drug-likeness (QED) is 0.661. The minimum atomic E-state index is -0.341. The summed E-state index contributed by atoms with van der Waals surface area (Å²) in [6.07, 6.45) is 0.466. The molecule has 1 aliphatic heterocycles. The van der Waals surface area contributed by atoms with Crippen LogP contribution in [0.1, 0.15) is 20.3 Å². The van der Waals surface area contributed by atoms with Gasteiger partial charge in [-0.05, 0) is 20.3 Å². The predicted molar refractivity (Wildman–Crippen MR) is 58.2 cm³/mol. The van der Waals surface area contributed by atoms with Crippen molar-refractivity contribution in [3.8, 4) is 0 Å². The number of carbonyl (C=O) groups excluding carboxylic acids is 1. The topological polar surface area (TPSA) is 23.6 Å². The van der Waals surface area contributed by atoms with Gasteiger partial charge in [-0.15, -0.1) is 0 Å². The van der Waals surface area contributed by atoms with Crippen LogP contribution in [0.3, 0.4) is 0 Å². The number of rotatable bonds is 4. The van der Waals surface area contributed by atoms with E-state index in [2.05, 4.69) is 6.58 Å². The molecular formula is C11H19FN2O. The molecule has 1 saturated heterocycles. The molecule has 1 rings (SSSR count). The smallest absolute Gasteiger partial charge is 0.269 e. The molecule has 0 unspecified atom stereocenters. The van der Waals surface area contributed by atoms with Crippen LogP contribution in [0, 0.1) is 0 Å². The van der Waals surface area contributed by atoms with Crippen molar-refractivity contribution >= 4 is 5.91 Å². The van der Waals surface area contributed by atoms with Crippen molar-refractivity contribution in [3.05, 3.63) is 12.3 Å². The van der Waals surface area contributed by atoms with Crippen molar-refractivity contribution < 1.29 is 9.18 Å². The Hall–Kier alpha value is -1.06. The maximum absolute atomic E-state index is 12.0. The Morgan fingerprint density at radius 3 is 2.67 bits per heavy atom. The molecule has 3 nitrogen and oxygen atoms in total. The molecule has 0 radical (unpaired) electrons. The minimum absolute atomic E-state index is 0.0184. The fourth-order valence-corrected chi connectivity index (χ4v) is 1.76. The SMILES string of the molecule is C=C1C(=O)N(C(C)C)CCN1CCCF. The molecule has 0 bridgehead atoms. The van der Waals surface area contributed by atoms with E-state index in [4.69, 9.17) is 0 Å². The van der Waals surface area contributed by atoms with E-state index in [1.165, 1.54) is 0 Å². The van der Waals surface area contributed by atoms with E-state index >= 15 is 0 Å². The predicted octanol–water partition coefficient (Wildman–Crippen LogP) is 1.41. The van der Waals surface area contributed by atoms with Gasteiger partial charge in [0.2, 0.25) is 0 Å². The zero-order valence-electron chi connectivity index (χ0n) is 9.50. The number of piperazine rings is 1. The lowest BCUT2D eigenvalue weighted by Crippen LogP contribution is -2.51. The monoisotopic (exact) mass is 214 g/mol. The first-order valence-electron chi connectivity index (χ1n) is 5.38. The molecule has 1 amide bonds. The molecular weight excluding hydrogens is 195 g/mol. The van der Waals surface area contributed by atoms with Gasteiger partial charge in [0.1, 0.15) is 0 Å². The van der Waals surface area contributed by atoms with E-state index in [0.29, 0.717) is 25.2 Å². The average molecular weight is 214 g/mol. The Bertz CT molecular complexity index is 253. The van der Waals surface area contributed by atoms with Crippen molar-refractivity contribution in [3.63, 3.8) is 0 Å². The number of hydrogen-bond donors (Lipinski definition) is 0. The van der Waals surface area contributed by atoms with Crippen LogP contribution in [-0.2, 0) is 4.79 Å². The second-order valence-corrected chi connectivity index (χ2v) is 4.07.